The highest BCUT2D eigenvalue weighted by molar-refractivity contribution is 6.60. The van der Waals surface area contributed by atoms with Gasteiger partial charge in [-0.1, -0.05) is 0 Å². The summed E-state index contributed by atoms with van der Waals surface area (Å²) in [6.07, 6.45) is 1.51. The molecule has 0 atom stereocenters. The molecule has 1 rings (SSSR count). The van der Waals surface area contributed by atoms with Crippen molar-refractivity contribution in [3.8, 4) is 0 Å². The molecule has 0 saturated heterocycles. The summed E-state index contributed by atoms with van der Waals surface area (Å²) in [7, 11) is -1.10. The van der Waals surface area contributed by atoms with Gasteiger partial charge in [-0.05, 0) is 34.6 Å². The first-order valence-corrected chi connectivity index (χ1v) is 5.23. The topological polar surface area (TPSA) is 78.4 Å². The molecule has 1 aromatic heterocycles. The lowest BCUT2D eigenvalue weighted by atomic mass is 9.77. The molecule has 0 aliphatic rings. The highest BCUT2D eigenvalue weighted by atomic mass is 16.5. The zero-order chi connectivity index (χ0) is 12.6. The van der Waals surface area contributed by atoms with Gasteiger partial charge in [-0.15, -0.1) is 0 Å². The van der Waals surface area contributed by atoms with Crippen molar-refractivity contribution in [3.63, 3.8) is 0 Å². The van der Waals surface area contributed by atoms with Crippen LogP contribution in [0, 0.1) is 6.92 Å². The minimum absolute atomic E-state index is 0.581. The van der Waals surface area contributed by atoms with Crippen LogP contribution in [0.15, 0.2) is 6.20 Å². The standard InChI is InChI=1S/C10H19BN2O3/c1-7-8(6-12-13-7)11(15)16-10(4,5)9(2,3)14/h6,14-15H,1-5H3,(H,12,13). The lowest BCUT2D eigenvalue weighted by molar-refractivity contribution is -0.0982. The molecule has 0 aliphatic carbocycles. The number of rotatable bonds is 4. The van der Waals surface area contributed by atoms with Gasteiger partial charge in [0.25, 0.3) is 0 Å². The first-order valence-electron chi connectivity index (χ1n) is 5.23. The Morgan fingerprint density at radius 2 is 1.94 bits per heavy atom. The molecule has 0 fully saturated rings. The Balaban J connectivity index is 2.80. The molecule has 0 aliphatic heterocycles. The molecule has 3 N–H and O–H groups in total. The average molecular weight is 226 g/mol. The third kappa shape index (κ3) is 2.64. The second kappa shape index (κ2) is 4.20. The van der Waals surface area contributed by atoms with E-state index in [-0.39, 0.29) is 0 Å². The van der Waals surface area contributed by atoms with Crippen LogP contribution in [-0.4, -0.2) is 38.6 Å². The minimum atomic E-state index is -1.10. The van der Waals surface area contributed by atoms with Crippen molar-refractivity contribution in [3.05, 3.63) is 11.9 Å². The van der Waals surface area contributed by atoms with Crippen LogP contribution in [0.5, 0.6) is 0 Å². The maximum atomic E-state index is 9.90. The molecule has 5 nitrogen and oxygen atoms in total. The number of aliphatic hydroxyl groups is 1. The van der Waals surface area contributed by atoms with E-state index in [9.17, 15) is 10.1 Å². The average Bonchev–Trinajstić information content (AvgIpc) is 2.48. The van der Waals surface area contributed by atoms with E-state index in [1.165, 1.54) is 6.20 Å². The van der Waals surface area contributed by atoms with E-state index in [0.29, 0.717) is 5.46 Å². The van der Waals surface area contributed by atoms with Gasteiger partial charge in [0, 0.05) is 17.4 Å². The minimum Gasteiger partial charge on any atom is -0.423 e. The van der Waals surface area contributed by atoms with Crippen molar-refractivity contribution in [2.45, 2.75) is 45.8 Å². The molecule has 0 amide bonds. The molecule has 16 heavy (non-hydrogen) atoms. The van der Waals surface area contributed by atoms with E-state index in [1.807, 2.05) is 0 Å². The molecule has 6 heteroatoms. The van der Waals surface area contributed by atoms with Crippen molar-refractivity contribution >= 4 is 12.6 Å². The molecular weight excluding hydrogens is 207 g/mol. The smallest absolute Gasteiger partial charge is 0.423 e. The summed E-state index contributed by atoms with van der Waals surface area (Å²) in [6, 6.07) is 0. The molecule has 1 heterocycles. The number of aromatic nitrogens is 2. The van der Waals surface area contributed by atoms with Crippen LogP contribution in [0.25, 0.3) is 0 Å². The van der Waals surface area contributed by atoms with E-state index >= 15 is 0 Å². The maximum absolute atomic E-state index is 9.90. The van der Waals surface area contributed by atoms with Crippen molar-refractivity contribution in [2.75, 3.05) is 0 Å². The first-order chi connectivity index (χ1) is 7.15. The lowest BCUT2D eigenvalue weighted by Gasteiger charge is -2.38. The maximum Gasteiger partial charge on any atom is 0.495 e. The van der Waals surface area contributed by atoms with Crippen LogP contribution < -0.4 is 5.46 Å². The monoisotopic (exact) mass is 226 g/mol. The van der Waals surface area contributed by atoms with Gasteiger partial charge < -0.3 is 14.8 Å². The molecule has 0 saturated carbocycles. The van der Waals surface area contributed by atoms with Gasteiger partial charge >= 0.3 is 7.12 Å². The van der Waals surface area contributed by atoms with Crippen molar-refractivity contribution in [1.29, 1.82) is 0 Å². The third-order valence-corrected chi connectivity index (χ3v) is 3.01. The summed E-state index contributed by atoms with van der Waals surface area (Å²) in [5, 5.41) is 26.3. The van der Waals surface area contributed by atoms with E-state index < -0.39 is 18.3 Å². The quantitative estimate of drug-likeness (QED) is 0.630. The fourth-order valence-electron chi connectivity index (χ4n) is 1.10. The van der Waals surface area contributed by atoms with Crippen LogP contribution in [0.4, 0.5) is 0 Å². The van der Waals surface area contributed by atoms with Crippen molar-refractivity contribution in [2.24, 2.45) is 0 Å². The number of aryl methyl sites for hydroxylation is 1. The molecular formula is C10H19BN2O3. The Labute approximate surface area is 96.0 Å². The fourth-order valence-corrected chi connectivity index (χ4v) is 1.10. The third-order valence-electron chi connectivity index (χ3n) is 3.01. The Morgan fingerprint density at radius 1 is 1.38 bits per heavy atom. The van der Waals surface area contributed by atoms with E-state index in [4.69, 9.17) is 4.65 Å². The van der Waals surface area contributed by atoms with Gasteiger partial charge in [-0.2, -0.15) is 5.10 Å². The van der Waals surface area contributed by atoms with E-state index in [2.05, 4.69) is 10.2 Å². The molecule has 0 unspecified atom stereocenters. The Kier molecular flexibility index (Phi) is 3.47. The number of nitrogens with one attached hydrogen (secondary N) is 1. The second-order valence-corrected chi connectivity index (χ2v) is 4.99. The van der Waals surface area contributed by atoms with Crippen LogP contribution >= 0.6 is 0 Å². The lowest BCUT2D eigenvalue weighted by Crippen LogP contribution is -2.53. The summed E-state index contributed by atoms with van der Waals surface area (Å²) in [5.74, 6) is 0. The van der Waals surface area contributed by atoms with Crippen LogP contribution in [-0.2, 0) is 4.65 Å². The van der Waals surface area contributed by atoms with Gasteiger partial charge in [-0.3, -0.25) is 5.10 Å². The Bertz CT molecular complexity index is 357. The summed E-state index contributed by atoms with van der Waals surface area (Å²) < 4.78 is 5.47. The van der Waals surface area contributed by atoms with Gasteiger partial charge in [0.05, 0.1) is 11.2 Å². The zero-order valence-electron chi connectivity index (χ0n) is 10.4. The number of nitrogens with zero attached hydrogens (tertiary/aromatic N) is 1. The highest BCUT2D eigenvalue weighted by Crippen LogP contribution is 2.25. The molecule has 0 radical (unpaired) electrons. The van der Waals surface area contributed by atoms with Gasteiger partial charge in [-0.25, -0.2) is 0 Å². The second-order valence-electron chi connectivity index (χ2n) is 4.99. The summed E-state index contributed by atoms with van der Waals surface area (Å²) in [5.41, 5.74) is -0.585. The van der Waals surface area contributed by atoms with Crippen LogP contribution in [0.1, 0.15) is 33.4 Å². The Morgan fingerprint density at radius 3 is 2.31 bits per heavy atom. The molecule has 1 aromatic rings. The van der Waals surface area contributed by atoms with Gasteiger partial charge in [0.2, 0.25) is 0 Å². The normalized spacial score (nSPS) is 12.9. The highest BCUT2D eigenvalue weighted by Gasteiger charge is 2.40. The number of hydrogen-bond acceptors (Lipinski definition) is 4. The summed E-state index contributed by atoms with van der Waals surface area (Å²) >= 11 is 0. The molecule has 90 valence electrons. The molecule has 0 bridgehead atoms. The number of H-pyrrole nitrogens is 1. The molecule has 0 spiro atoms. The predicted octanol–water partition coefficient (Wildman–Crippen LogP) is -0.0283. The van der Waals surface area contributed by atoms with Crippen molar-refractivity contribution < 1.29 is 14.8 Å². The largest absolute Gasteiger partial charge is 0.495 e. The zero-order valence-corrected chi connectivity index (χ0v) is 10.4. The van der Waals surface area contributed by atoms with Gasteiger partial charge in [0.15, 0.2) is 0 Å². The van der Waals surface area contributed by atoms with Crippen LogP contribution in [0.2, 0.25) is 0 Å². The summed E-state index contributed by atoms with van der Waals surface area (Å²) in [6.45, 7) is 8.53. The first kappa shape index (κ1) is 13.2. The van der Waals surface area contributed by atoms with Crippen molar-refractivity contribution in [1.82, 2.24) is 10.2 Å². The number of aromatic amines is 1. The van der Waals surface area contributed by atoms with Gasteiger partial charge in [0.1, 0.15) is 0 Å². The molecule has 0 aromatic carbocycles. The Hall–Kier alpha value is -0.845. The summed E-state index contributed by atoms with van der Waals surface area (Å²) in [4.78, 5) is 0. The predicted molar refractivity (Wildman–Crippen MR) is 62.4 cm³/mol. The SMILES string of the molecule is Cc1[nH]ncc1B(O)OC(C)(C)C(C)(C)O. The van der Waals surface area contributed by atoms with E-state index in [0.717, 1.165) is 5.69 Å². The number of hydrogen-bond donors (Lipinski definition) is 3. The van der Waals surface area contributed by atoms with Crippen LogP contribution in [0.3, 0.4) is 0 Å². The fraction of sp³-hybridized carbons (Fsp3) is 0.700. The van der Waals surface area contributed by atoms with E-state index in [1.54, 1.807) is 34.6 Å².